The minimum atomic E-state index is -4.45. The summed E-state index contributed by atoms with van der Waals surface area (Å²) in [7, 11) is 1.81. The number of nitrogens with one attached hydrogen (secondary N) is 4. The summed E-state index contributed by atoms with van der Waals surface area (Å²) < 4.78 is 55.0. The number of hydrogen-bond acceptors (Lipinski definition) is 5. The fraction of sp³-hybridized carbons (Fsp3) is 0.379. The molecule has 4 N–H and O–H groups in total. The average Bonchev–Trinajstić information content (AvgIpc) is 3.24. The maximum atomic E-state index is 14.4. The number of fused-ring (bicyclic) bond motifs is 1. The number of alkyl halides is 4. The first-order chi connectivity index (χ1) is 18.2. The van der Waals surface area contributed by atoms with E-state index in [1.165, 1.54) is 0 Å². The Kier molecular flexibility index (Phi) is 8.95. The van der Waals surface area contributed by atoms with Crippen molar-refractivity contribution >= 4 is 33.7 Å². The van der Waals surface area contributed by atoms with Crippen LogP contribution in [-0.4, -0.2) is 44.4 Å². The maximum Gasteiger partial charge on any atom is 0.446 e. The van der Waals surface area contributed by atoms with Crippen molar-refractivity contribution in [1.82, 2.24) is 10.6 Å². The van der Waals surface area contributed by atoms with E-state index in [9.17, 15) is 17.6 Å². The zero-order valence-corrected chi connectivity index (χ0v) is 22.3. The van der Waals surface area contributed by atoms with Crippen molar-refractivity contribution in [2.24, 2.45) is 0 Å². The van der Waals surface area contributed by atoms with Gasteiger partial charge in [0.2, 0.25) is 0 Å². The summed E-state index contributed by atoms with van der Waals surface area (Å²) in [6, 6.07) is 10.8. The molecular weight excluding hydrogens is 512 g/mol. The number of benzene rings is 2. The van der Waals surface area contributed by atoms with Gasteiger partial charge in [-0.05, 0) is 65.5 Å². The molecule has 202 valence electrons. The van der Waals surface area contributed by atoms with Crippen molar-refractivity contribution in [3.05, 3.63) is 70.8 Å². The summed E-state index contributed by atoms with van der Waals surface area (Å²) in [5.41, 5.74) is 1.64. The van der Waals surface area contributed by atoms with Gasteiger partial charge in [0, 0.05) is 47.6 Å². The molecule has 38 heavy (non-hydrogen) atoms. The predicted octanol–water partition coefficient (Wildman–Crippen LogP) is 6.19. The number of anilines is 2. The van der Waals surface area contributed by atoms with Gasteiger partial charge in [-0.1, -0.05) is 49.6 Å². The molecule has 0 radical (unpaired) electrons. The van der Waals surface area contributed by atoms with Crippen molar-refractivity contribution in [1.29, 1.82) is 0 Å². The van der Waals surface area contributed by atoms with E-state index in [4.69, 9.17) is 0 Å². The van der Waals surface area contributed by atoms with Crippen molar-refractivity contribution in [2.45, 2.75) is 43.9 Å². The van der Waals surface area contributed by atoms with E-state index in [0.29, 0.717) is 29.8 Å². The predicted molar refractivity (Wildman–Crippen MR) is 151 cm³/mol. The third-order valence-electron chi connectivity index (χ3n) is 6.76. The molecule has 4 nitrogen and oxygen atoms in total. The summed E-state index contributed by atoms with van der Waals surface area (Å²) in [6.45, 7) is 7.28. The fourth-order valence-corrected chi connectivity index (χ4v) is 5.51. The van der Waals surface area contributed by atoms with Crippen LogP contribution in [0.2, 0.25) is 0 Å². The van der Waals surface area contributed by atoms with E-state index < -0.39 is 11.7 Å². The SMILES string of the molecule is C=C(NC)c1ccc(CC)c(NCC#CC2=C(SC(F)(F)F)c3cccc(NC4CCNCC4F)c3C2)c1. The van der Waals surface area contributed by atoms with Crippen LogP contribution in [0.15, 0.2) is 48.6 Å². The van der Waals surface area contributed by atoms with Crippen molar-refractivity contribution in [3.63, 3.8) is 0 Å². The molecule has 0 bridgehead atoms. The summed E-state index contributed by atoms with van der Waals surface area (Å²) in [4.78, 5) is 0.118. The van der Waals surface area contributed by atoms with Crippen molar-refractivity contribution in [2.75, 3.05) is 37.3 Å². The van der Waals surface area contributed by atoms with Crippen LogP contribution in [0.3, 0.4) is 0 Å². The Morgan fingerprint density at radius 3 is 2.74 bits per heavy atom. The van der Waals surface area contributed by atoms with Crippen LogP contribution in [0.5, 0.6) is 0 Å². The molecule has 1 heterocycles. The summed E-state index contributed by atoms with van der Waals surface area (Å²) in [5, 5.41) is 12.6. The molecule has 2 unspecified atom stereocenters. The molecule has 2 atom stereocenters. The van der Waals surface area contributed by atoms with E-state index in [-0.39, 0.29) is 42.2 Å². The molecule has 2 aromatic carbocycles. The van der Waals surface area contributed by atoms with Gasteiger partial charge >= 0.3 is 5.51 Å². The number of allylic oxidation sites excluding steroid dienone is 1. The number of thioether (sulfide) groups is 1. The maximum absolute atomic E-state index is 14.4. The standard InChI is InChI=1S/C29H32F4N4S/c1-4-19-10-11-20(18(2)34-3)16-27(19)36-13-6-7-21-15-23-22(28(21)38-29(31,32)33)8-5-9-25(23)37-26-12-14-35-17-24(26)30/h5,8-11,16,24,26,34-37H,2,4,12-15,17H2,1,3H3. The molecule has 1 saturated heterocycles. The summed E-state index contributed by atoms with van der Waals surface area (Å²) in [5.74, 6) is 6.02. The molecule has 0 aromatic heterocycles. The van der Waals surface area contributed by atoms with E-state index in [1.54, 1.807) is 18.2 Å². The lowest BCUT2D eigenvalue weighted by atomic mass is 10.0. The van der Waals surface area contributed by atoms with Gasteiger partial charge in [-0.3, -0.25) is 0 Å². The molecule has 4 rings (SSSR count). The van der Waals surface area contributed by atoms with Crippen LogP contribution in [0, 0.1) is 11.8 Å². The fourth-order valence-electron chi connectivity index (χ4n) is 4.73. The Morgan fingerprint density at radius 2 is 2.03 bits per heavy atom. The highest BCUT2D eigenvalue weighted by atomic mass is 32.2. The van der Waals surface area contributed by atoms with Crippen LogP contribution >= 0.6 is 11.8 Å². The van der Waals surface area contributed by atoms with Gasteiger partial charge in [0.05, 0.1) is 12.6 Å². The second-order valence-corrected chi connectivity index (χ2v) is 10.3. The lowest BCUT2D eigenvalue weighted by Gasteiger charge is -2.29. The van der Waals surface area contributed by atoms with Gasteiger partial charge in [0.15, 0.2) is 0 Å². The number of rotatable bonds is 8. The molecule has 1 fully saturated rings. The van der Waals surface area contributed by atoms with Gasteiger partial charge in [-0.2, -0.15) is 13.2 Å². The van der Waals surface area contributed by atoms with E-state index >= 15 is 0 Å². The molecule has 0 amide bonds. The number of piperidine rings is 1. The van der Waals surface area contributed by atoms with Gasteiger partial charge in [-0.15, -0.1) is 0 Å². The third-order valence-corrected chi connectivity index (χ3v) is 7.66. The Morgan fingerprint density at radius 1 is 1.21 bits per heavy atom. The molecule has 1 aliphatic heterocycles. The van der Waals surface area contributed by atoms with Crippen molar-refractivity contribution < 1.29 is 17.6 Å². The molecule has 0 spiro atoms. The highest BCUT2D eigenvalue weighted by molar-refractivity contribution is 8.09. The molecule has 2 aliphatic rings. The highest BCUT2D eigenvalue weighted by Gasteiger charge is 2.36. The van der Waals surface area contributed by atoms with E-state index in [1.807, 2.05) is 25.2 Å². The highest BCUT2D eigenvalue weighted by Crippen LogP contribution is 2.49. The second-order valence-electron chi connectivity index (χ2n) is 9.23. The van der Waals surface area contributed by atoms with Crippen LogP contribution in [0.4, 0.5) is 28.9 Å². The Hall–Kier alpha value is -3.09. The lowest BCUT2D eigenvalue weighted by molar-refractivity contribution is -0.0317. The Bertz CT molecular complexity index is 1280. The van der Waals surface area contributed by atoms with Crippen LogP contribution in [0.1, 0.15) is 35.6 Å². The van der Waals surface area contributed by atoms with Gasteiger partial charge in [-0.25, -0.2) is 4.39 Å². The minimum absolute atomic E-state index is 0.118. The lowest BCUT2D eigenvalue weighted by Crippen LogP contribution is -2.45. The van der Waals surface area contributed by atoms with E-state index in [2.05, 4.69) is 46.6 Å². The molecule has 9 heteroatoms. The Balaban J connectivity index is 1.56. The number of halogens is 4. The van der Waals surface area contributed by atoms with Gasteiger partial charge < -0.3 is 21.3 Å². The first-order valence-corrected chi connectivity index (χ1v) is 13.5. The average molecular weight is 545 g/mol. The minimum Gasteiger partial charge on any atom is -0.388 e. The van der Waals surface area contributed by atoms with Gasteiger partial charge in [0.25, 0.3) is 0 Å². The molecular formula is C29H32F4N4S. The Labute approximate surface area is 225 Å². The smallest absolute Gasteiger partial charge is 0.388 e. The van der Waals surface area contributed by atoms with E-state index in [0.717, 1.165) is 34.5 Å². The number of hydrogen-bond donors (Lipinski definition) is 4. The molecule has 2 aromatic rings. The first-order valence-electron chi connectivity index (χ1n) is 12.6. The zero-order chi connectivity index (χ0) is 27.3. The zero-order valence-electron chi connectivity index (χ0n) is 21.5. The first kappa shape index (κ1) is 27.9. The quantitative estimate of drug-likeness (QED) is 0.236. The number of aryl methyl sites for hydroxylation is 1. The monoisotopic (exact) mass is 544 g/mol. The van der Waals surface area contributed by atoms with Crippen LogP contribution < -0.4 is 21.3 Å². The van der Waals surface area contributed by atoms with Crippen molar-refractivity contribution in [3.8, 4) is 11.8 Å². The molecule has 1 aliphatic carbocycles. The topological polar surface area (TPSA) is 48.1 Å². The second kappa shape index (κ2) is 12.2. The van der Waals surface area contributed by atoms with Crippen LogP contribution in [-0.2, 0) is 12.8 Å². The normalized spacial score (nSPS) is 18.9. The third kappa shape index (κ3) is 6.66. The van der Waals surface area contributed by atoms with Crippen LogP contribution in [0.25, 0.3) is 10.6 Å². The largest absolute Gasteiger partial charge is 0.446 e. The summed E-state index contributed by atoms with van der Waals surface area (Å²) >= 11 is -0.133. The summed E-state index contributed by atoms with van der Waals surface area (Å²) in [6.07, 6.45) is 0.620. The van der Waals surface area contributed by atoms with Gasteiger partial charge in [0.1, 0.15) is 6.17 Å². The molecule has 0 saturated carbocycles.